The standard InChI is InChI=1S/C17H22FNO/c1-11-7-12(2)15(17(20)8-11)10-19-6-5-13-3-4-14(18)9-16(13)19/h3-4,9,11-12,15H,5-8,10H2,1-2H3. The zero-order valence-electron chi connectivity index (χ0n) is 12.2. The van der Waals surface area contributed by atoms with Crippen molar-refractivity contribution in [2.24, 2.45) is 17.8 Å². The lowest BCUT2D eigenvalue weighted by Crippen LogP contribution is -2.39. The van der Waals surface area contributed by atoms with Gasteiger partial charge in [0, 0.05) is 31.1 Å². The van der Waals surface area contributed by atoms with E-state index < -0.39 is 0 Å². The summed E-state index contributed by atoms with van der Waals surface area (Å²) in [5.74, 6) is 1.26. The molecule has 0 aromatic heterocycles. The average Bonchev–Trinajstić information content (AvgIpc) is 2.76. The van der Waals surface area contributed by atoms with E-state index in [9.17, 15) is 9.18 Å². The topological polar surface area (TPSA) is 20.3 Å². The third kappa shape index (κ3) is 2.46. The van der Waals surface area contributed by atoms with Crippen LogP contribution in [0.25, 0.3) is 0 Å². The van der Waals surface area contributed by atoms with E-state index in [1.165, 1.54) is 11.6 Å². The van der Waals surface area contributed by atoms with Gasteiger partial charge in [0.2, 0.25) is 0 Å². The highest BCUT2D eigenvalue weighted by Gasteiger charge is 2.34. The van der Waals surface area contributed by atoms with Crippen molar-refractivity contribution in [1.82, 2.24) is 0 Å². The Balaban J connectivity index is 1.77. The molecule has 20 heavy (non-hydrogen) atoms. The lowest BCUT2D eigenvalue weighted by molar-refractivity contribution is -0.127. The minimum Gasteiger partial charge on any atom is -0.370 e. The second-order valence-electron chi connectivity index (χ2n) is 6.56. The first-order chi connectivity index (χ1) is 9.54. The fourth-order valence-electron chi connectivity index (χ4n) is 3.82. The van der Waals surface area contributed by atoms with Gasteiger partial charge in [-0.3, -0.25) is 4.79 Å². The Labute approximate surface area is 120 Å². The number of carbonyl (C=O) groups is 1. The van der Waals surface area contributed by atoms with Crippen molar-refractivity contribution in [3.63, 3.8) is 0 Å². The molecule has 3 heteroatoms. The number of halogens is 1. The molecule has 2 nitrogen and oxygen atoms in total. The summed E-state index contributed by atoms with van der Waals surface area (Å²) in [5.41, 5.74) is 2.19. The van der Waals surface area contributed by atoms with Crippen LogP contribution in [0.5, 0.6) is 0 Å². The molecule has 0 amide bonds. The van der Waals surface area contributed by atoms with Crippen LogP contribution in [0.2, 0.25) is 0 Å². The molecule has 1 aromatic rings. The number of rotatable bonds is 2. The summed E-state index contributed by atoms with van der Waals surface area (Å²) in [6.45, 7) is 6.00. The maximum absolute atomic E-state index is 13.4. The van der Waals surface area contributed by atoms with Crippen LogP contribution in [0, 0.1) is 23.6 Å². The predicted octanol–water partition coefficient (Wildman–Crippen LogP) is 3.44. The molecule has 3 unspecified atom stereocenters. The highest BCUT2D eigenvalue weighted by Crippen LogP contribution is 2.35. The van der Waals surface area contributed by atoms with Gasteiger partial charge < -0.3 is 4.90 Å². The van der Waals surface area contributed by atoms with Crippen LogP contribution in [0.15, 0.2) is 18.2 Å². The largest absolute Gasteiger partial charge is 0.370 e. The Kier molecular flexibility index (Phi) is 3.53. The van der Waals surface area contributed by atoms with Gasteiger partial charge in [-0.05, 0) is 42.4 Å². The zero-order valence-corrected chi connectivity index (χ0v) is 12.2. The maximum Gasteiger partial charge on any atom is 0.138 e. The van der Waals surface area contributed by atoms with Crippen LogP contribution in [0.4, 0.5) is 10.1 Å². The van der Waals surface area contributed by atoms with Gasteiger partial charge >= 0.3 is 0 Å². The number of nitrogens with zero attached hydrogens (tertiary/aromatic N) is 1. The molecule has 1 aliphatic carbocycles. The smallest absolute Gasteiger partial charge is 0.138 e. The van der Waals surface area contributed by atoms with E-state index in [2.05, 4.69) is 18.7 Å². The van der Waals surface area contributed by atoms with Gasteiger partial charge in [-0.2, -0.15) is 0 Å². The Bertz CT molecular complexity index is 528. The van der Waals surface area contributed by atoms with Gasteiger partial charge in [0.05, 0.1) is 0 Å². The van der Waals surface area contributed by atoms with Crippen molar-refractivity contribution in [2.75, 3.05) is 18.0 Å². The lowest BCUT2D eigenvalue weighted by Gasteiger charge is -2.34. The molecule has 0 N–H and O–H groups in total. The third-order valence-electron chi connectivity index (χ3n) is 4.88. The number of carbonyl (C=O) groups excluding carboxylic acids is 1. The van der Waals surface area contributed by atoms with E-state index in [4.69, 9.17) is 0 Å². The van der Waals surface area contributed by atoms with E-state index in [1.807, 2.05) is 6.07 Å². The number of hydrogen-bond donors (Lipinski definition) is 0. The molecule has 1 aromatic carbocycles. The lowest BCUT2D eigenvalue weighted by atomic mass is 9.74. The SMILES string of the molecule is CC1CC(=O)C(CN2CCc3ccc(F)cc32)C(C)C1. The first-order valence-corrected chi connectivity index (χ1v) is 7.60. The Hall–Kier alpha value is -1.38. The minimum atomic E-state index is -0.188. The van der Waals surface area contributed by atoms with Crippen molar-refractivity contribution in [2.45, 2.75) is 33.1 Å². The van der Waals surface area contributed by atoms with E-state index in [-0.39, 0.29) is 11.7 Å². The Morgan fingerprint density at radius 1 is 1.35 bits per heavy atom. The molecule has 1 saturated carbocycles. The molecule has 0 bridgehead atoms. The van der Waals surface area contributed by atoms with Crippen LogP contribution in [-0.2, 0) is 11.2 Å². The number of ketones is 1. The molecular formula is C17H22FNO. The molecule has 0 saturated heterocycles. The van der Waals surface area contributed by atoms with Gasteiger partial charge in [-0.25, -0.2) is 4.39 Å². The Morgan fingerprint density at radius 3 is 2.90 bits per heavy atom. The molecular weight excluding hydrogens is 253 g/mol. The monoisotopic (exact) mass is 275 g/mol. The van der Waals surface area contributed by atoms with Gasteiger partial charge in [-0.1, -0.05) is 19.9 Å². The van der Waals surface area contributed by atoms with E-state index in [0.717, 1.165) is 31.6 Å². The summed E-state index contributed by atoms with van der Waals surface area (Å²) < 4.78 is 13.4. The molecule has 3 atom stereocenters. The number of Topliss-reactive ketones (excluding diaryl/α,β-unsaturated/α-hetero) is 1. The Morgan fingerprint density at radius 2 is 2.15 bits per heavy atom. The molecule has 3 rings (SSSR count). The fourth-order valence-corrected chi connectivity index (χ4v) is 3.82. The summed E-state index contributed by atoms with van der Waals surface area (Å²) >= 11 is 0. The van der Waals surface area contributed by atoms with Crippen molar-refractivity contribution in [3.8, 4) is 0 Å². The minimum absolute atomic E-state index is 0.111. The van der Waals surface area contributed by atoms with Crippen molar-refractivity contribution >= 4 is 11.5 Å². The second-order valence-corrected chi connectivity index (χ2v) is 6.56. The van der Waals surface area contributed by atoms with Crippen LogP contribution in [0.3, 0.4) is 0 Å². The normalized spacial score (nSPS) is 29.6. The van der Waals surface area contributed by atoms with Gasteiger partial charge in [0.1, 0.15) is 11.6 Å². The van der Waals surface area contributed by atoms with E-state index >= 15 is 0 Å². The summed E-state index contributed by atoms with van der Waals surface area (Å²) in [7, 11) is 0. The second kappa shape index (κ2) is 5.19. The molecule has 0 radical (unpaired) electrons. The molecule has 2 aliphatic rings. The predicted molar refractivity (Wildman–Crippen MR) is 78.4 cm³/mol. The van der Waals surface area contributed by atoms with Crippen molar-refractivity contribution in [3.05, 3.63) is 29.6 Å². The number of anilines is 1. The fraction of sp³-hybridized carbons (Fsp3) is 0.588. The van der Waals surface area contributed by atoms with Gasteiger partial charge in [-0.15, -0.1) is 0 Å². The third-order valence-corrected chi connectivity index (χ3v) is 4.88. The molecule has 1 fully saturated rings. The molecule has 108 valence electrons. The van der Waals surface area contributed by atoms with Crippen LogP contribution in [-0.4, -0.2) is 18.9 Å². The van der Waals surface area contributed by atoms with Crippen LogP contribution < -0.4 is 4.90 Å². The summed E-state index contributed by atoms with van der Waals surface area (Å²) in [4.78, 5) is 14.5. The summed E-state index contributed by atoms with van der Waals surface area (Å²) in [5, 5.41) is 0. The number of benzene rings is 1. The van der Waals surface area contributed by atoms with Crippen molar-refractivity contribution < 1.29 is 9.18 Å². The first kappa shape index (κ1) is 13.6. The summed E-state index contributed by atoms with van der Waals surface area (Å²) in [6.07, 6.45) is 2.79. The highest BCUT2D eigenvalue weighted by atomic mass is 19.1. The van der Waals surface area contributed by atoms with Crippen LogP contribution in [0.1, 0.15) is 32.3 Å². The first-order valence-electron chi connectivity index (χ1n) is 7.60. The molecule has 1 aliphatic heterocycles. The zero-order chi connectivity index (χ0) is 14.3. The quantitative estimate of drug-likeness (QED) is 0.824. The van der Waals surface area contributed by atoms with E-state index in [1.54, 1.807) is 6.07 Å². The van der Waals surface area contributed by atoms with Gasteiger partial charge in [0.15, 0.2) is 0 Å². The molecule has 0 spiro atoms. The number of hydrogen-bond acceptors (Lipinski definition) is 2. The van der Waals surface area contributed by atoms with Crippen LogP contribution >= 0.6 is 0 Å². The average molecular weight is 275 g/mol. The van der Waals surface area contributed by atoms with Gasteiger partial charge in [0.25, 0.3) is 0 Å². The summed E-state index contributed by atoms with van der Waals surface area (Å²) in [6, 6.07) is 5.01. The van der Waals surface area contributed by atoms with Crippen molar-refractivity contribution in [1.29, 1.82) is 0 Å². The molecule has 1 heterocycles. The highest BCUT2D eigenvalue weighted by molar-refractivity contribution is 5.83. The van der Waals surface area contributed by atoms with E-state index in [0.29, 0.717) is 24.0 Å². The number of fused-ring (bicyclic) bond motifs is 1. The maximum atomic E-state index is 13.4.